The van der Waals surface area contributed by atoms with Crippen molar-refractivity contribution in [3.8, 4) is 0 Å². The van der Waals surface area contributed by atoms with Crippen LogP contribution in [0.15, 0.2) is 29.3 Å². The maximum atomic E-state index is 6.22. The average molecular weight is 479 g/mol. The van der Waals surface area contributed by atoms with Crippen LogP contribution in [-0.2, 0) is 0 Å². The van der Waals surface area contributed by atoms with Gasteiger partial charge in [-0.05, 0) is 63.4 Å². The van der Waals surface area contributed by atoms with E-state index in [1.54, 1.807) is 0 Å². The molecule has 0 saturated carbocycles. The lowest BCUT2D eigenvalue weighted by Gasteiger charge is -2.39. The maximum Gasteiger partial charge on any atom is 0.191 e. The Balaban J connectivity index is 0.00000312. The van der Waals surface area contributed by atoms with Crippen molar-refractivity contribution >= 4 is 41.5 Å². The van der Waals surface area contributed by atoms with E-state index < -0.39 is 0 Å². The zero-order valence-electron chi connectivity index (χ0n) is 15.6. The van der Waals surface area contributed by atoms with Gasteiger partial charge in [-0.3, -0.25) is 9.89 Å². The number of hydrogen-bond acceptors (Lipinski definition) is 2. The summed E-state index contributed by atoms with van der Waals surface area (Å²) in [5.74, 6) is 1.44. The van der Waals surface area contributed by atoms with Crippen LogP contribution >= 0.6 is 35.6 Å². The molecule has 1 aromatic carbocycles. The molecule has 0 radical (unpaired) electrons. The standard InChI is InChI=1S/C19H31ClN4.HI/c1-4-11-22-19(21-5-2)23-14-16-9-7-12-24(3)18(16)15-8-6-10-17(20)13-15;/h6,8,10,13,16,18H,4-5,7,9,11-12,14H2,1-3H3,(H2,21,22,23);1H. The van der Waals surface area contributed by atoms with E-state index in [1.165, 1.54) is 18.4 Å². The van der Waals surface area contributed by atoms with Crippen molar-refractivity contribution in [1.29, 1.82) is 0 Å². The SMILES string of the molecule is CCCNC(=NCC1CCCN(C)C1c1cccc(Cl)c1)NCC.I. The Morgan fingerprint density at radius 2 is 2.12 bits per heavy atom. The van der Waals surface area contributed by atoms with E-state index >= 15 is 0 Å². The lowest BCUT2D eigenvalue weighted by atomic mass is 9.85. The summed E-state index contributed by atoms with van der Waals surface area (Å²) in [6, 6.07) is 8.67. The van der Waals surface area contributed by atoms with Crippen LogP contribution in [0.4, 0.5) is 0 Å². The van der Waals surface area contributed by atoms with Crippen LogP contribution in [0, 0.1) is 5.92 Å². The fourth-order valence-corrected chi connectivity index (χ4v) is 3.66. The number of nitrogens with one attached hydrogen (secondary N) is 2. The number of guanidine groups is 1. The van der Waals surface area contributed by atoms with Crippen LogP contribution in [0.5, 0.6) is 0 Å². The highest BCUT2D eigenvalue weighted by Gasteiger charge is 2.30. The monoisotopic (exact) mass is 478 g/mol. The number of hydrogen-bond donors (Lipinski definition) is 2. The van der Waals surface area contributed by atoms with Crippen LogP contribution in [0.2, 0.25) is 5.02 Å². The molecule has 0 aromatic heterocycles. The van der Waals surface area contributed by atoms with Gasteiger partial charge in [0.1, 0.15) is 0 Å². The zero-order valence-corrected chi connectivity index (χ0v) is 18.7. The number of benzene rings is 1. The molecule has 1 aliphatic heterocycles. The summed E-state index contributed by atoms with van der Waals surface area (Å²) in [5, 5.41) is 7.54. The van der Waals surface area contributed by atoms with Crippen LogP contribution < -0.4 is 10.6 Å². The van der Waals surface area contributed by atoms with E-state index in [1.807, 2.05) is 12.1 Å². The van der Waals surface area contributed by atoms with Crippen molar-refractivity contribution in [2.45, 2.75) is 39.2 Å². The molecule has 0 aliphatic carbocycles. The summed E-state index contributed by atoms with van der Waals surface area (Å²) in [4.78, 5) is 7.29. The highest BCUT2D eigenvalue weighted by atomic mass is 127. The van der Waals surface area contributed by atoms with Crippen LogP contribution in [0.25, 0.3) is 0 Å². The van der Waals surface area contributed by atoms with Gasteiger partial charge in [0.25, 0.3) is 0 Å². The summed E-state index contributed by atoms with van der Waals surface area (Å²) >= 11 is 6.22. The minimum Gasteiger partial charge on any atom is -0.357 e. The van der Waals surface area contributed by atoms with Gasteiger partial charge in [0, 0.05) is 30.7 Å². The summed E-state index contributed by atoms with van der Waals surface area (Å²) in [6.07, 6.45) is 3.53. The summed E-state index contributed by atoms with van der Waals surface area (Å²) < 4.78 is 0. The summed E-state index contributed by atoms with van der Waals surface area (Å²) in [7, 11) is 2.21. The van der Waals surface area contributed by atoms with E-state index in [0.717, 1.165) is 43.6 Å². The third kappa shape index (κ3) is 6.94. The molecule has 0 amide bonds. The topological polar surface area (TPSA) is 39.7 Å². The van der Waals surface area contributed by atoms with Gasteiger partial charge >= 0.3 is 0 Å². The molecule has 142 valence electrons. The van der Waals surface area contributed by atoms with Crippen molar-refractivity contribution in [2.75, 3.05) is 33.2 Å². The minimum atomic E-state index is 0. The Morgan fingerprint density at radius 1 is 1.32 bits per heavy atom. The lowest BCUT2D eigenvalue weighted by Crippen LogP contribution is -2.40. The molecule has 1 fully saturated rings. The Kier molecular flexibility index (Phi) is 10.8. The molecule has 2 atom stereocenters. The van der Waals surface area contributed by atoms with Gasteiger partial charge in [0.2, 0.25) is 0 Å². The molecule has 4 nitrogen and oxygen atoms in total. The number of halogens is 2. The smallest absolute Gasteiger partial charge is 0.191 e. The minimum absolute atomic E-state index is 0. The first-order valence-corrected chi connectivity index (χ1v) is 9.51. The van der Waals surface area contributed by atoms with E-state index in [2.05, 4.69) is 48.6 Å². The first-order valence-electron chi connectivity index (χ1n) is 9.13. The summed E-state index contributed by atoms with van der Waals surface area (Å²) in [6.45, 7) is 8.08. The van der Waals surface area contributed by atoms with E-state index in [0.29, 0.717) is 12.0 Å². The maximum absolute atomic E-state index is 6.22. The highest BCUT2D eigenvalue weighted by molar-refractivity contribution is 14.0. The Hall–Kier alpha value is -0.530. The summed E-state index contributed by atoms with van der Waals surface area (Å²) in [5.41, 5.74) is 1.30. The van der Waals surface area contributed by atoms with Gasteiger partial charge in [0.05, 0.1) is 0 Å². The van der Waals surface area contributed by atoms with Crippen LogP contribution in [0.3, 0.4) is 0 Å². The predicted molar refractivity (Wildman–Crippen MR) is 119 cm³/mol. The molecule has 2 N–H and O–H groups in total. The lowest BCUT2D eigenvalue weighted by molar-refractivity contribution is 0.125. The Morgan fingerprint density at radius 3 is 2.80 bits per heavy atom. The van der Waals surface area contributed by atoms with Crippen LogP contribution in [-0.4, -0.2) is 44.1 Å². The predicted octanol–water partition coefficient (Wildman–Crippen LogP) is 4.31. The largest absolute Gasteiger partial charge is 0.357 e. The Bertz CT molecular complexity index is 538. The first-order chi connectivity index (χ1) is 11.7. The third-order valence-electron chi connectivity index (χ3n) is 4.57. The first kappa shape index (κ1) is 22.5. The molecule has 1 heterocycles. The van der Waals surface area contributed by atoms with E-state index in [9.17, 15) is 0 Å². The molecule has 0 spiro atoms. The number of piperidine rings is 1. The average Bonchev–Trinajstić information content (AvgIpc) is 2.57. The van der Waals surface area contributed by atoms with Crippen molar-refractivity contribution in [1.82, 2.24) is 15.5 Å². The molecule has 1 aromatic rings. The van der Waals surface area contributed by atoms with Crippen molar-refractivity contribution in [2.24, 2.45) is 10.9 Å². The van der Waals surface area contributed by atoms with Crippen molar-refractivity contribution < 1.29 is 0 Å². The second kappa shape index (κ2) is 12.0. The molecule has 0 bridgehead atoms. The number of rotatable bonds is 6. The van der Waals surface area contributed by atoms with Crippen LogP contribution in [0.1, 0.15) is 44.7 Å². The molecule has 2 unspecified atom stereocenters. The number of likely N-dealkylation sites (tertiary alicyclic amines) is 1. The van der Waals surface area contributed by atoms with Gasteiger partial charge in [0.15, 0.2) is 5.96 Å². The molecular formula is C19H32ClIN4. The molecular weight excluding hydrogens is 447 g/mol. The fourth-order valence-electron chi connectivity index (χ4n) is 3.46. The van der Waals surface area contributed by atoms with Gasteiger partial charge in [-0.2, -0.15) is 0 Å². The van der Waals surface area contributed by atoms with Gasteiger partial charge in [-0.1, -0.05) is 30.7 Å². The van der Waals surface area contributed by atoms with Gasteiger partial charge < -0.3 is 10.6 Å². The number of aliphatic imine (C=N–C) groups is 1. The normalized spacial score (nSPS) is 21.5. The van der Waals surface area contributed by atoms with Gasteiger partial charge in [-0.25, -0.2) is 0 Å². The van der Waals surface area contributed by atoms with E-state index in [-0.39, 0.29) is 24.0 Å². The molecule has 6 heteroatoms. The highest BCUT2D eigenvalue weighted by Crippen LogP contribution is 2.36. The molecule has 2 rings (SSSR count). The van der Waals surface area contributed by atoms with Gasteiger partial charge in [-0.15, -0.1) is 24.0 Å². The molecule has 1 saturated heterocycles. The molecule has 1 aliphatic rings. The van der Waals surface area contributed by atoms with E-state index in [4.69, 9.17) is 16.6 Å². The van der Waals surface area contributed by atoms with Crippen molar-refractivity contribution in [3.63, 3.8) is 0 Å². The number of nitrogens with zero attached hydrogens (tertiary/aromatic N) is 2. The second-order valence-corrected chi connectivity index (χ2v) is 6.97. The Labute approximate surface area is 174 Å². The third-order valence-corrected chi connectivity index (χ3v) is 4.80. The zero-order chi connectivity index (χ0) is 17.4. The quantitative estimate of drug-likeness (QED) is 0.364. The molecule has 25 heavy (non-hydrogen) atoms. The van der Waals surface area contributed by atoms with Crippen molar-refractivity contribution in [3.05, 3.63) is 34.9 Å². The fraction of sp³-hybridized carbons (Fsp3) is 0.632. The second-order valence-electron chi connectivity index (χ2n) is 6.53.